The van der Waals surface area contributed by atoms with Crippen molar-refractivity contribution in [1.82, 2.24) is 0 Å². The van der Waals surface area contributed by atoms with Crippen LogP contribution in [0.15, 0.2) is 16.6 Å². The topological polar surface area (TPSA) is 18.5 Å². The van der Waals surface area contributed by atoms with Gasteiger partial charge in [0.15, 0.2) is 11.5 Å². The summed E-state index contributed by atoms with van der Waals surface area (Å²) in [5, 5.41) is 0.569. The highest BCUT2D eigenvalue weighted by Gasteiger charge is 2.18. The molecule has 0 aromatic heterocycles. The van der Waals surface area contributed by atoms with Crippen molar-refractivity contribution in [2.45, 2.75) is 0 Å². The van der Waals surface area contributed by atoms with E-state index >= 15 is 0 Å². The van der Waals surface area contributed by atoms with Gasteiger partial charge in [-0.2, -0.15) is 0 Å². The molecule has 0 fully saturated rings. The predicted molar refractivity (Wildman–Crippen MR) is 45.3 cm³/mol. The van der Waals surface area contributed by atoms with Crippen molar-refractivity contribution in [2.24, 2.45) is 0 Å². The molecule has 2 nitrogen and oxygen atoms in total. The van der Waals surface area contributed by atoms with Crippen molar-refractivity contribution in [3.05, 3.63) is 21.6 Å². The van der Waals surface area contributed by atoms with Crippen molar-refractivity contribution in [2.75, 3.05) is 6.79 Å². The Kier molecular flexibility index (Phi) is 1.69. The summed E-state index contributed by atoms with van der Waals surface area (Å²) in [5.74, 6) is 1.33. The highest BCUT2D eigenvalue weighted by molar-refractivity contribution is 9.10. The Morgan fingerprint density at radius 1 is 1.36 bits per heavy atom. The van der Waals surface area contributed by atoms with Crippen LogP contribution in [-0.4, -0.2) is 6.79 Å². The quantitative estimate of drug-likeness (QED) is 0.688. The molecule has 4 heteroatoms. The second kappa shape index (κ2) is 2.57. The number of benzene rings is 1. The second-order valence-electron chi connectivity index (χ2n) is 2.10. The standard InChI is InChI=1S/C7H4BrClO2/c8-4-1-2-5-7(6(4)9)11-3-10-5/h1-2H,3H2. The summed E-state index contributed by atoms with van der Waals surface area (Å²) in [4.78, 5) is 0. The van der Waals surface area contributed by atoms with Crippen LogP contribution in [-0.2, 0) is 0 Å². The average Bonchev–Trinajstić information content (AvgIpc) is 2.45. The summed E-state index contributed by atoms with van der Waals surface area (Å²) in [7, 11) is 0. The minimum atomic E-state index is 0.255. The lowest BCUT2D eigenvalue weighted by Gasteiger charge is -1.99. The van der Waals surface area contributed by atoms with Crippen LogP contribution in [0.3, 0.4) is 0 Å². The largest absolute Gasteiger partial charge is 0.454 e. The summed E-state index contributed by atoms with van der Waals surface area (Å²) in [6.45, 7) is 0.255. The van der Waals surface area contributed by atoms with Gasteiger partial charge < -0.3 is 9.47 Å². The molecule has 11 heavy (non-hydrogen) atoms. The van der Waals surface area contributed by atoms with E-state index in [9.17, 15) is 0 Å². The molecule has 0 atom stereocenters. The fourth-order valence-electron chi connectivity index (χ4n) is 0.914. The van der Waals surface area contributed by atoms with E-state index in [-0.39, 0.29) is 6.79 Å². The minimum absolute atomic E-state index is 0.255. The maximum atomic E-state index is 5.89. The van der Waals surface area contributed by atoms with Gasteiger partial charge in [-0.1, -0.05) is 11.6 Å². The Morgan fingerprint density at radius 3 is 3.00 bits per heavy atom. The zero-order chi connectivity index (χ0) is 7.84. The predicted octanol–water partition coefficient (Wildman–Crippen LogP) is 2.83. The van der Waals surface area contributed by atoms with Gasteiger partial charge in [0.25, 0.3) is 0 Å². The first-order valence-electron chi connectivity index (χ1n) is 3.02. The first-order chi connectivity index (χ1) is 5.29. The monoisotopic (exact) mass is 234 g/mol. The molecule has 0 unspecified atom stereocenters. The van der Waals surface area contributed by atoms with Crippen LogP contribution >= 0.6 is 27.5 Å². The van der Waals surface area contributed by atoms with Crippen molar-refractivity contribution in [1.29, 1.82) is 0 Å². The molecular weight excluding hydrogens is 231 g/mol. The van der Waals surface area contributed by atoms with Crippen LogP contribution in [0.2, 0.25) is 5.02 Å². The fourth-order valence-corrected chi connectivity index (χ4v) is 1.44. The van der Waals surface area contributed by atoms with Gasteiger partial charge in [-0.3, -0.25) is 0 Å². The van der Waals surface area contributed by atoms with Crippen LogP contribution < -0.4 is 9.47 Å². The Labute approximate surface area is 77.2 Å². The van der Waals surface area contributed by atoms with E-state index in [0.29, 0.717) is 16.5 Å². The summed E-state index contributed by atoms with van der Waals surface area (Å²) in [6.07, 6.45) is 0. The Balaban J connectivity index is 2.62. The normalized spacial score (nSPS) is 13.6. The maximum absolute atomic E-state index is 5.89. The molecule has 1 heterocycles. The molecule has 0 bridgehead atoms. The SMILES string of the molecule is Clc1c(Br)ccc2c1OCO2. The molecular formula is C7H4BrClO2. The van der Waals surface area contributed by atoms with Crippen molar-refractivity contribution in [3.8, 4) is 11.5 Å². The lowest BCUT2D eigenvalue weighted by Crippen LogP contribution is -1.93. The molecule has 58 valence electrons. The first kappa shape index (κ1) is 7.25. The third-order valence-electron chi connectivity index (χ3n) is 1.43. The van der Waals surface area contributed by atoms with E-state index in [1.807, 2.05) is 12.1 Å². The number of rotatable bonds is 0. The lowest BCUT2D eigenvalue weighted by molar-refractivity contribution is 0.174. The third kappa shape index (κ3) is 1.08. The average molecular weight is 235 g/mol. The summed E-state index contributed by atoms with van der Waals surface area (Å²) in [6, 6.07) is 3.65. The van der Waals surface area contributed by atoms with Crippen molar-refractivity contribution in [3.63, 3.8) is 0 Å². The number of fused-ring (bicyclic) bond motifs is 1. The highest BCUT2D eigenvalue weighted by atomic mass is 79.9. The van der Waals surface area contributed by atoms with Gasteiger partial charge in [0, 0.05) is 4.47 Å². The molecule has 0 saturated carbocycles. The number of halogens is 2. The van der Waals surface area contributed by atoms with Crippen molar-refractivity contribution >= 4 is 27.5 Å². The van der Waals surface area contributed by atoms with Gasteiger partial charge in [0.1, 0.15) is 5.02 Å². The van der Waals surface area contributed by atoms with E-state index < -0.39 is 0 Å². The van der Waals surface area contributed by atoms with E-state index in [1.54, 1.807) is 0 Å². The minimum Gasteiger partial charge on any atom is -0.454 e. The number of hydrogen-bond donors (Lipinski definition) is 0. The van der Waals surface area contributed by atoms with Gasteiger partial charge in [0.2, 0.25) is 6.79 Å². The van der Waals surface area contributed by atoms with E-state index in [4.69, 9.17) is 21.1 Å². The summed E-state index contributed by atoms with van der Waals surface area (Å²) >= 11 is 9.17. The van der Waals surface area contributed by atoms with E-state index in [0.717, 1.165) is 4.47 Å². The molecule has 0 radical (unpaired) electrons. The zero-order valence-corrected chi connectivity index (χ0v) is 7.78. The molecule has 2 rings (SSSR count). The van der Waals surface area contributed by atoms with Crippen LogP contribution in [0.4, 0.5) is 0 Å². The van der Waals surface area contributed by atoms with E-state index in [2.05, 4.69) is 15.9 Å². The van der Waals surface area contributed by atoms with Crippen LogP contribution in [0.5, 0.6) is 11.5 Å². The van der Waals surface area contributed by atoms with Crippen molar-refractivity contribution < 1.29 is 9.47 Å². The van der Waals surface area contributed by atoms with Gasteiger partial charge in [0.05, 0.1) is 0 Å². The first-order valence-corrected chi connectivity index (χ1v) is 4.20. The number of hydrogen-bond acceptors (Lipinski definition) is 2. The number of ether oxygens (including phenoxy) is 2. The molecule has 1 aliphatic heterocycles. The molecule has 1 aromatic carbocycles. The fraction of sp³-hybridized carbons (Fsp3) is 0.143. The Morgan fingerprint density at radius 2 is 2.18 bits per heavy atom. The second-order valence-corrected chi connectivity index (χ2v) is 3.33. The molecule has 1 aromatic rings. The van der Waals surface area contributed by atoms with Crippen LogP contribution in [0.25, 0.3) is 0 Å². The maximum Gasteiger partial charge on any atom is 0.231 e. The van der Waals surface area contributed by atoms with Gasteiger partial charge in [-0.05, 0) is 28.1 Å². The van der Waals surface area contributed by atoms with Gasteiger partial charge >= 0.3 is 0 Å². The van der Waals surface area contributed by atoms with Crippen LogP contribution in [0.1, 0.15) is 0 Å². The molecule has 0 aliphatic carbocycles. The van der Waals surface area contributed by atoms with Gasteiger partial charge in [-0.25, -0.2) is 0 Å². The molecule has 0 N–H and O–H groups in total. The molecule has 0 spiro atoms. The Bertz CT molecular complexity index is 301. The molecule has 1 aliphatic rings. The summed E-state index contributed by atoms with van der Waals surface area (Å²) in [5.41, 5.74) is 0. The Hall–Kier alpha value is -0.410. The van der Waals surface area contributed by atoms with Crippen LogP contribution in [0, 0.1) is 0 Å². The summed E-state index contributed by atoms with van der Waals surface area (Å²) < 4.78 is 11.1. The molecule has 0 amide bonds. The third-order valence-corrected chi connectivity index (χ3v) is 2.70. The smallest absolute Gasteiger partial charge is 0.231 e. The molecule has 0 saturated heterocycles. The van der Waals surface area contributed by atoms with E-state index in [1.165, 1.54) is 0 Å². The highest BCUT2D eigenvalue weighted by Crippen LogP contribution is 2.42. The lowest BCUT2D eigenvalue weighted by atomic mass is 10.3. The zero-order valence-electron chi connectivity index (χ0n) is 5.43. The van der Waals surface area contributed by atoms with Gasteiger partial charge in [-0.15, -0.1) is 0 Å².